The SMILES string of the molecule is C=C(C=N)c1cc(C(=O)N[C@H](C)C[C@@H](CCC)N2Cc3cnc(Nc4cc(C)cc(OC)c4)nc3C2)ccc1NC. The summed E-state index contributed by atoms with van der Waals surface area (Å²) in [6.07, 6.45) is 6.01. The van der Waals surface area contributed by atoms with E-state index in [1.165, 1.54) is 6.21 Å². The molecule has 9 heteroatoms. The summed E-state index contributed by atoms with van der Waals surface area (Å²) in [7, 11) is 3.47. The highest BCUT2D eigenvalue weighted by Crippen LogP contribution is 2.29. The molecule has 0 aliphatic carbocycles. The lowest BCUT2D eigenvalue weighted by atomic mass is 10.0. The third-order valence-corrected chi connectivity index (χ3v) is 7.44. The molecule has 0 bridgehead atoms. The molecule has 0 spiro atoms. The number of hydrogen-bond donors (Lipinski definition) is 4. The average Bonchev–Trinajstić information content (AvgIpc) is 3.39. The lowest BCUT2D eigenvalue weighted by molar-refractivity contribution is 0.0923. The van der Waals surface area contributed by atoms with E-state index in [0.717, 1.165) is 71.9 Å². The predicted octanol–water partition coefficient (Wildman–Crippen LogP) is 5.93. The number of allylic oxidation sites excluding steroid dienone is 1. The van der Waals surface area contributed by atoms with Crippen LogP contribution in [0.3, 0.4) is 0 Å². The van der Waals surface area contributed by atoms with Crippen LogP contribution >= 0.6 is 0 Å². The number of rotatable bonds is 13. The summed E-state index contributed by atoms with van der Waals surface area (Å²) in [6, 6.07) is 11.7. The van der Waals surface area contributed by atoms with Crippen LogP contribution in [-0.4, -0.2) is 53.2 Å². The molecule has 1 aliphatic heterocycles. The predicted molar refractivity (Wildman–Crippen MR) is 166 cm³/mol. The van der Waals surface area contributed by atoms with E-state index in [1.807, 2.05) is 44.4 Å². The van der Waals surface area contributed by atoms with Crippen LogP contribution in [0.5, 0.6) is 5.75 Å². The molecule has 0 saturated heterocycles. The van der Waals surface area contributed by atoms with Crippen molar-refractivity contribution in [1.29, 1.82) is 5.41 Å². The Morgan fingerprint density at radius 3 is 2.76 bits per heavy atom. The number of aryl methyl sites for hydroxylation is 1. The Bertz CT molecular complexity index is 1420. The lowest BCUT2D eigenvalue weighted by Gasteiger charge is -2.30. The van der Waals surface area contributed by atoms with Crippen LogP contribution in [0, 0.1) is 12.3 Å². The zero-order valence-corrected chi connectivity index (χ0v) is 24.7. The van der Waals surface area contributed by atoms with Gasteiger partial charge in [0.2, 0.25) is 5.95 Å². The Hall–Kier alpha value is -4.24. The summed E-state index contributed by atoms with van der Waals surface area (Å²) in [5.41, 5.74) is 6.83. The number of carbonyl (C=O) groups excluding carboxylic acids is 1. The van der Waals surface area contributed by atoms with Gasteiger partial charge in [-0.15, -0.1) is 0 Å². The number of anilines is 3. The first-order chi connectivity index (χ1) is 19.7. The van der Waals surface area contributed by atoms with Gasteiger partial charge in [0, 0.05) is 78.8 Å². The smallest absolute Gasteiger partial charge is 0.251 e. The van der Waals surface area contributed by atoms with Crippen molar-refractivity contribution < 1.29 is 9.53 Å². The highest BCUT2D eigenvalue weighted by Gasteiger charge is 2.28. The van der Waals surface area contributed by atoms with Crippen LogP contribution in [-0.2, 0) is 13.1 Å². The normalized spacial score (nSPS) is 14.1. The first kappa shape index (κ1) is 29.7. The van der Waals surface area contributed by atoms with Gasteiger partial charge in [-0.3, -0.25) is 9.69 Å². The number of benzene rings is 2. The fourth-order valence-electron chi connectivity index (χ4n) is 5.37. The van der Waals surface area contributed by atoms with Gasteiger partial charge in [-0.1, -0.05) is 19.9 Å². The molecule has 4 rings (SSSR count). The first-order valence-corrected chi connectivity index (χ1v) is 14.1. The van der Waals surface area contributed by atoms with E-state index in [1.54, 1.807) is 19.2 Å². The van der Waals surface area contributed by atoms with E-state index in [9.17, 15) is 4.79 Å². The third-order valence-electron chi connectivity index (χ3n) is 7.44. The second kappa shape index (κ2) is 13.4. The summed E-state index contributed by atoms with van der Waals surface area (Å²) >= 11 is 0. The van der Waals surface area contributed by atoms with E-state index in [0.29, 0.717) is 23.1 Å². The molecular formula is C32H41N7O2. The topological polar surface area (TPSA) is 115 Å². The van der Waals surface area contributed by atoms with Crippen molar-refractivity contribution in [3.05, 3.63) is 77.1 Å². The molecule has 41 heavy (non-hydrogen) atoms. The number of nitrogens with one attached hydrogen (secondary N) is 4. The standard InChI is InChI=1S/C32H41N7O2/c1-7-8-26(13-22(4)36-31(40)23-9-10-29(34-5)28(14-23)21(3)16-33)39-18-24-17-35-32(38-30(24)19-39)37-25-11-20(2)12-27(15-25)41-6/h9-12,14-17,22,26,33-34H,3,7-8,13,18-19H2,1-2,4-6H3,(H,36,40)(H,35,37,38)/t22-,26-/m1/s1. The summed E-state index contributed by atoms with van der Waals surface area (Å²) in [5, 5.41) is 17.2. The summed E-state index contributed by atoms with van der Waals surface area (Å²) in [5.74, 6) is 1.23. The lowest BCUT2D eigenvalue weighted by Crippen LogP contribution is -2.40. The number of aromatic nitrogens is 2. The third kappa shape index (κ3) is 7.29. The maximum Gasteiger partial charge on any atom is 0.251 e. The fraction of sp³-hybridized carbons (Fsp3) is 0.375. The van der Waals surface area contributed by atoms with Gasteiger partial charge in [0.25, 0.3) is 5.91 Å². The van der Waals surface area contributed by atoms with Crippen molar-refractivity contribution in [2.75, 3.05) is 24.8 Å². The van der Waals surface area contributed by atoms with Crippen molar-refractivity contribution in [3.63, 3.8) is 0 Å². The average molecular weight is 556 g/mol. The molecule has 0 saturated carbocycles. The second-order valence-electron chi connectivity index (χ2n) is 10.7. The minimum atomic E-state index is -0.131. The van der Waals surface area contributed by atoms with Crippen molar-refractivity contribution in [3.8, 4) is 5.75 Å². The molecular weight excluding hydrogens is 514 g/mol. The highest BCUT2D eigenvalue weighted by atomic mass is 16.5. The van der Waals surface area contributed by atoms with Gasteiger partial charge in [-0.2, -0.15) is 0 Å². The number of ether oxygens (including phenoxy) is 1. The monoisotopic (exact) mass is 555 g/mol. The van der Waals surface area contributed by atoms with Crippen molar-refractivity contribution in [2.45, 2.75) is 65.2 Å². The highest BCUT2D eigenvalue weighted by molar-refractivity contribution is 6.10. The number of fused-ring (bicyclic) bond motifs is 1. The maximum atomic E-state index is 13.1. The Kier molecular flexibility index (Phi) is 9.73. The fourth-order valence-corrected chi connectivity index (χ4v) is 5.37. The minimum Gasteiger partial charge on any atom is -0.497 e. The molecule has 1 amide bonds. The molecule has 2 heterocycles. The van der Waals surface area contributed by atoms with Gasteiger partial charge in [-0.25, -0.2) is 9.97 Å². The molecule has 0 fully saturated rings. The molecule has 4 N–H and O–H groups in total. The Morgan fingerprint density at radius 1 is 1.24 bits per heavy atom. The van der Waals surface area contributed by atoms with Crippen LogP contribution in [0.15, 0.2) is 49.2 Å². The summed E-state index contributed by atoms with van der Waals surface area (Å²) in [4.78, 5) is 25.0. The summed E-state index contributed by atoms with van der Waals surface area (Å²) < 4.78 is 5.39. The second-order valence-corrected chi connectivity index (χ2v) is 10.7. The van der Waals surface area contributed by atoms with Crippen LogP contribution < -0.4 is 20.7 Å². The number of amides is 1. The van der Waals surface area contributed by atoms with Gasteiger partial charge < -0.3 is 26.1 Å². The number of methoxy groups -OCH3 is 1. The Labute approximate surface area is 242 Å². The van der Waals surface area contributed by atoms with Crippen molar-refractivity contribution >= 4 is 35.0 Å². The first-order valence-electron chi connectivity index (χ1n) is 14.1. The molecule has 2 aromatic carbocycles. The minimum absolute atomic E-state index is 0.0271. The number of carbonyl (C=O) groups is 1. The number of nitrogens with zero attached hydrogens (tertiary/aromatic N) is 3. The quantitative estimate of drug-likeness (QED) is 0.193. The molecule has 1 aliphatic rings. The van der Waals surface area contributed by atoms with Crippen molar-refractivity contribution in [1.82, 2.24) is 20.2 Å². The molecule has 0 unspecified atom stereocenters. The molecule has 2 atom stereocenters. The number of hydrogen-bond acceptors (Lipinski definition) is 8. The van der Waals surface area contributed by atoms with Crippen LogP contribution in [0.25, 0.3) is 5.57 Å². The van der Waals surface area contributed by atoms with Gasteiger partial charge in [-0.05, 0) is 68.2 Å². The zero-order valence-electron chi connectivity index (χ0n) is 24.7. The molecule has 9 nitrogen and oxygen atoms in total. The van der Waals surface area contributed by atoms with Crippen LogP contribution in [0.2, 0.25) is 0 Å². The molecule has 0 radical (unpaired) electrons. The van der Waals surface area contributed by atoms with Gasteiger partial charge in [0.1, 0.15) is 5.75 Å². The van der Waals surface area contributed by atoms with E-state index in [-0.39, 0.29) is 11.9 Å². The molecule has 3 aromatic rings. The van der Waals surface area contributed by atoms with Crippen LogP contribution in [0.4, 0.5) is 17.3 Å². The zero-order chi connectivity index (χ0) is 29.5. The van der Waals surface area contributed by atoms with Gasteiger partial charge in [0.05, 0.1) is 12.8 Å². The van der Waals surface area contributed by atoms with Crippen molar-refractivity contribution in [2.24, 2.45) is 0 Å². The Balaban J connectivity index is 1.41. The molecule has 216 valence electrons. The van der Waals surface area contributed by atoms with E-state index in [2.05, 4.69) is 46.3 Å². The van der Waals surface area contributed by atoms with E-state index < -0.39 is 0 Å². The Morgan fingerprint density at radius 2 is 2.05 bits per heavy atom. The van der Waals surface area contributed by atoms with E-state index >= 15 is 0 Å². The van der Waals surface area contributed by atoms with Gasteiger partial charge in [0.15, 0.2) is 0 Å². The maximum absolute atomic E-state index is 13.1. The van der Waals surface area contributed by atoms with Gasteiger partial charge >= 0.3 is 0 Å². The van der Waals surface area contributed by atoms with Crippen LogP contribution in [0.1, 0.15) is 65.9 Å². The molecule has 1 aromatic heterocycles. The summed E-state index contributed by atoms with van der Waals surface area (Å²) in [6.45, 7) is 11.7. The van der Waals surface area contributed by atoms with E-state index in [4.69, 9.17) is 15.1 Å². The largest absolute Gasteiger partial charge is 0.497 e.